The average molecular weight is 354 g/mol. The fourth-order valence-corrected chi connectivity index (χ4v) is 1.37. The predicted octanol–water partition coefficient (Wildman–Crippen LogP) is 2.42. The number of nitrogens with one attached hydrogen (secondary N) is 1. The molecule has 0 saturated carbocycles. The normalized spacial score (nSPS) is 10.8. The van der Waals surface area contributed by atoms with Gasteiger partial charge in [0.15, 0.2) is 5.96 Å². The summed E-state index contributed by atoms with van der Waals surface area (Å²) in [6, 6.07) is 7.90. The molecule has 3 nitrogen and oxygen atoms in total. The van der Waals surface area contributed by atoms with Crippen LogP contribution in [0.4, 0.5) is 0 Å². The first kappa shape index (κ1) is 15.5. The van der Waals surface area contributed by atoms with Crippen molar-refractivity contribution in [1.29, 1.82) is 0 Å². The molecular formula is C11H17ClIN3. The first-order valence-electron chi connectivity index (χ1n) is 4.93. The summed E-state index contributed by atoms with van der Waals surface area (Å²) in [5.41, 5.74) is 6.78. The summed E-state index contributed by atoms with van der Waals surface area (Å²) >= 11 is 5.79. The lowest BCUT2D eigenvalue weighted by Gasteiger charge is -2.04. The molecule has 0 aromatic heterocycles. The molecular weight excluding hydrogens is 336 g/mol. The molecule has 0 bridgehead atoms. The largest absolute Gasteiger partial charge is 0.370 e. The van der Waals surface area contributed by atoms with Crippen molar-refractivity contribution in [1.82, 2.24) is 5.32 Å². The topological polar surface area (TPSA) is 50.4 Å². The summed E-state index contributed by atoms with van der Waals surface area (Å²) in [6.45, 7) is 0.839. The van der Waals surface area contributed by atoms with Gasteiger partial charge >= 0.3 is 0 Å². The highest BCUT2D eigenvalue weighted by atomic mass is 127. The number of hydrogen-bond acceptors (Lipinski definition) is 1. The smallest absolute Gasteiger partial charge is 0.188 e. The molecule has 90 valence electrons. The molecule has 0 aliphatic carbocycles. The Labute approximate surface area is 118 Å². The van der Waals surface area contributed by atoms with Gasteiger partial charge in [0.05, 0.1) is 0 Å². The van der Waals surface area contributed by atoms with Crippen LogP contribution in [0.5, 0.6) is 0 Å². The molecule has 0 aliphatic heterocycles. The number of nitrogens with two attached hydrogens (primary N) is 1. The molecule has 0 atom stereocenters. The third-order valence-electron chi connectivity index (χ3n) is 2.10. The van der Waals surface area contributed by atoms with Gasteiger partial charge in [-0.3, -0.25) is 4.99 Å². The second-order valence-electron chi connectivity index (χ2n) is 3.27. The number of hydrogen-bond donors (Lipinski definition) is 2. The number of aryl methyl sites for hydroxylation is 1. The van der Waals surface area contributed by atoms with Crippen LogP contribution in [0.25, 0.3) is 0 Å². The molecule has 3 N–H and O–H groups in total. The summed E-state index contributed by atoms with van der Waals surface area (Å²) in [5.74, 6) is 0.492. The number of nitrogens with zero attached hydrogens (tertiary/aromatic N) is 1. The summed E-state index contributed by atoms with van der Waals surface area (Å²) in [7, 11) is 1.67. The molecule has 5 heteroatoms. The molecule has 0 spiro atoms. The van der Waals surface area contributed by atoms with Crippen LogP contribution in [-0.4, -0.2) is 19.6 Å². The molecule has 1 aromatic rings. The van der Waals surface area contributed by atoms with E-state index in [-0.39, 0.29) is 24.0 Å². The van der Waals surface area contributed by atoms with E-state index in [2.05, 4.69) is 10.3 Å². The Morgan fingerprint density at radius 1 is 1.38 bits per heavy atom. The molecule has 0 saturated heterocycles. The van der Waals surface area contributed by atoms with Gasteiger partial charge in [0.2, 0.25) is 0 Å². The van der Waals surface area contributed by atoms with Crippen LogP contribution in [0.2, 0.25) is 5.02 Å². The van der Waals surface area contributed by atoms with E-state index in [1.807, 2.05) is 24.3 Å². The Hall–Kier alpha value is -0.490. The van der Waals surface area contributed by atoms with Crippen molar-refractivity contribution < 1.29 is 0 Å². The molecule has 0 amide bonds. The molecule has 0 aliphatic rings. The maximum atomic E-state index is 5.79. The zero-order valence-corrected chi connectivity index (χ0v) is 12.3. The molecule has 0 radical (unpaired) electrons. The number of aliphatic imine (C=N–C) groups is 1. The zero-order valence-electron chi connectivity index (χ0n) is 9.24. The Morgan fingerprint density at radius 3 is 2.56 bits per heavy atom. The Morgan fingerprint density at radius 2 is 2.00 bits per heavy atom. The summed E-state index contributed by atoms with van der Waals surface area (Å²) in [4.78, 5) is 3.81. The zero-order chi connectivity index (χ0) is 11.1. The highest BCUT2D eigenvalue weighted by molar-refractivity contribution is 14.0. The second kappa shape index (κ2) is 8.64. The van der Waals surface area contributed by atoms with Crippen LogP contribution in [0, 0.1) is 0 Å². The number of guanidine groups is 1. The van der Waals surface area contributed by atoms with E-state index in [4.69, 9.17) is 17.3 Å². The van der Waals surface area contributed by atoms with E-state index >= 15 is 0 Å². The van der Waals surface area contributed by atoms with Crippen molar-refractivity contribution in [2.24, 2.45) is 10.7 Å². The van der Waals surface area contributed by atoms with Crippen LogP contribution in [0.3, 0.4) is 0 Å². The molecule has 1 aromatic carbocycles. The van der Waals surface area contributed by atoms with Gasteiger partial charge in [-0.05, 0) is 30.5 Å². The van der Waals surface area contributed by atoms with Crippen LogP contribution in [0.15, 0.2) is 29.3 Å². The van der Waals surface area contributed by atoms with E-state index in [1.165, 1.54) is 5.56 Å². The standard InChI is InChI=1S/C11H16ClN3.HI/c1-14-11(13)15-8-2-3-9-4-6-10(12)7-5-9;/h4-7H,2-3,8H2,1H3,(H3,13,14,15);1H. The Balaban J connectivity index is 0.00000225. The van der Waals surface area contributed by atoms with Gasteiger partial charge in [-0.15, -0.1) is 24.0 Å². The Kier molecular flexibility index (Phi) is 8.37. The molecule has 0 fully saturated rings. The number of halogens is 2. The minimum atomic E-state index is 0. The van der Waals surface area contributed by atoms with Crippen LogP contribution in [-0.2, 0) is 6.42 Å². The van der Waals surface area contributed by atoms with Crippen LogP contribution in [0.1, 0.15) is 12.0 Å². The van der Waals surface area contributed by atoms with Crippen molar-refractivity contribution in [2.75, 3.05) is 13.6 Å². The van der Waals surface area contributed by atoms with Crippen molar-refractivity contribution in [3.8, 4) is 0 Å². The quantitative estimate of drug-likeness (QED) is 0.378. The monoisotopic (exact) mass is 353 g/mol. The molecule has 1 rings (SSSR count). The Bertz CT molecular complexity index is 325. The minimum Gasteiger partial charge on any atom is -0.370 e. The second-order valence-corrected chi connectivity index (χ2v) is 3.70. The molecule has 0 heterocycles. The average Bonchev–Trinajstić information content (AvgIpc) is 2.26. The van der Waals surface area contributed by atoms with Crippen molar-refractivity contribution in [3.05, 3.63) is 34.9 Å². The molecule has 16 heavy (non-hydrogen) atoms. The lowest BCUT2D eigenvalue weighted by molar-refractivity contribution is 0.769. The van der Waals surface area contributed by atoms with Gasteiger partial charge in [0, 0.05) is 18.6 Å². The van der Waals surface area contributed by atoms with Crippen LogP contribution < -0.4 is 11.1 Å². The van der Waals surface area contributed by atoms with E-state index < -0.39 is 0 Å². The molecule has 0 unspecified atom stereocenters. The van der Waals surface area contributed by atoms with Gasteiger partial charge in [-0.1, -0.05) is 23.7 Å². The summed E-state index contributed by atoms with van der Waals surface area (Å²) in [6.07, 6.45) is 2.04. The van der Waals surface area contributed by atoms with Crippen molar-refractivity contribution in [3.63, 3.8) is 0 Å². The summed E-state index contributed by atoms with van der Waals surface area (Å²) < 4.78 is 0. The number of rotatable bonds is 4. The number of benzene rings is 1. The SMILES string of the molecule is CN=C(N)NCCCc1ccc(Cl)cc1.I. The fourth-order valence-electron chi connectivity index (χ4n) is 1.24. The van der Waals surface area contributed by atoms with Gasteiger partial charge in [0.25, 0.3) is 0 Å². The third-order valence-corrected chi connectivity index (χ3v) is 2.35. The van der Waals surface area contributed by atoms with Crippen molar-refractivity contribution >= 4 is 41.5 Å². The highest BCUT2D eigenvalue weighted by Crippen LogP contribution is 2.10. The summed E-state index contributed by atoms with van der Waals surface area (Å²) in [5, 5.41) is 3.79. The predicted molar refractivity (Wildman–Crippen MR) is 80.7 cm³/mol. The van der Waals surface area contributed by atoms with E-state index in [9.17, 15) is 0 Å². The van der Waals surface area contributed by atoms with E-state index in [0.717, 1.165) is 24.4 Å². The first-order chi connectivity index (χ1) is 7.22. The lowest BCUT2D eigenvalue weighted by atomic mass is 10.1. The first-order valence-corrected chi connectivity index (χ1v) is 5.30. The van der Waals surface area contributed by atoms with Gasteiger partial charge in [-0.25, -0.2) is 0 Å². The maximum absolute atomic E-state index is 5.79. The van der Waals surface area contributed by atoms with E-state index in [1.54, 1.807) is 7.05 Å². The van der Waals surface area contributed by atoms with Crippen LogP contribution >= 0.6 is 35.6 Å². The van der Waals surface area contributed by atoms with E-state index in [0.29, 0.717) is 5.96 Å². The minimum absolute atomic E-state index is 0. The van der Waals surface area contributed by atoms with Gasteiger partial charge in [-0.2, -0.15) is 0 Å². The fraction of sp³-hybridized carbons (Fsp3) is 0.364. The lowest BCUT2D eigenvalue weighted by Crippen LogP contribution is -2.32. The third kappa shape index (κ3) is 6.17. The van der Waals surface area contributed by atoms with Gasteiger partial charge < -0.3 is 11.1 Å². The van der Waals surface area contributed by atoms with Gasteiger partial charge in [0.1, 0.15) is 0 Å². The highest BCUT2D eigenvalue weighted by Gasteiger charge is 1.94. The maximum Gasteiger partial charge on any atom is 0.188 e. The van der Waals surface area contributed by atoms with Crippen molar-refractivity contribution in [2.45, 2.75) is 12.8 Å².